The molecule has 5 heteroatoms. The van der Waals surface area contributed by atoms with Gasteiger partial charge in [0.2, 0.25) is 0 Å². The van der Waals surface area contributed by atoms with Crippen molar-refractivity contribution in [2.75, 3.05) is 11.1 Å². The Kier molecular flexibility index (Phi) is 1.98. The molecule has 5 nitrogen and oxygen atoms in total. The number of benzene rings is 1. The van der Waals surface area contributed by atoms with Crippen molar-refractivity contribution in [1.82, 2.24) is 4.98 Å². The van der Waals surface area contributed by atoms with E-state index in [2.05, 4.69) is 17.2 Å². The second kappa shape index (κ2) is 3.29. The summed E-state index contributed by atoms with van der Waals surface area (Å²) in [5.74, 6) is -0.452. The third kappa shape index (κ3) is 1.67. The number of hydrogen-bond donors (Lipinski definition) is 3. The van der Waals surface area contributed by atoms with Gasteiger partial charge in [-0.05, 0) is 32.3 Å². The van der Waals surface area contributed by atoms with Gasteiger partial charge in [0, 0.05) is 11.6 Å². The summed E-state index contributed by atoms with van der Waals surface area (Å²) in [4.78, 5) is 13.7. The fourth-order valence-corrected chi connectivity index (χ4v) is 2.28. The van der Waals surface area contributed by atoms with Gasteiger partial charge in [0.15, 0.2) is 5.58 Å². The van der Waals surface area contributed by atoms with Crippen molar-refractivity contribution in [2.45, 2.75) is 31.7 Å². The molecule has 0 bridgehead atoms. The van der Waals surface area contributed by atoms with Crippen LogP contribution in [0.15, 0.2) is 21.3 Å². The van der Waals surface area contributed by atoms with Crippen LogP contribution in [0.4, 0.5) is 11.4 Å². The molecule has 0 unspecified atom stereocenters. The van der Waals surface area contributed by atoms with Gasteiger partial charge >= 0.3 is 5.76 Å². The summed E-state index contributed by atoms with van der Waals surface area (Å²) in [5, 5.41) is 3.44. The number of aromatic amines is 1. The van der Waals surface area contributed by atoms with E-state index in [-0.39, 0.29) is 5.54 Å². The Hall–Kier alpha value is -1.91. The first-order chi connectivity index (χ1) is 8.06. The molecule has 17 heavy (non-hydrogen) atoms. The van der Waals surface area contributed by atoms with Gasteiger partial charge < -0.3 is 15.5 Å². The topological polar surface area (TPSA) is 84.0 Å². The maximum atomic E-state index is 11.1. The van der Waals surface area contributed by atoms with E-state index in [9.17, 15) is 4.79 Å². The Morgan fingerprint density at radius 3 is 2.88 bits per heavy atom. The van der Waals surface area contributed by atoms with Gasteiger partial charge in [0.05, 0.1) is 16.9 Å². The van der Waals surface area contributed by atoms with Crippen LogP contribution in [0.2, 0.25) is 0 Å². The quantitative estimate of drug-likeness (QED) is 0.693. The van der Waals surface area contributed by atoms with Gasteiger partial charge in [-0.3, -0.25) is 4.98 Å². The van der Waals surface area contributed by atoms with E-state index in [1.807, 2.05) is 6.07 Å². The first kappa shape index (κ1) is 10.3. The number of anilines is 2. The minimum absolute atomic E-state index is 0.131. The zero-order valence-corrected chi connectivity index (χ0v) is 9.67. The highest BCUT2D eigenvalue weighted by atomic mass is 16.4. The molecule has 1 saturated carbocycles. The summed E-state index contributed by atoms with van der Waals surface area (Å²) in [7, 11) is 0. The molecular weight excluding hydrogens is 218 g/mol. The Balaban J connectivity index is 2.03. The molecule has 0 radical (unpaired) electrons. The van der Waals surface area contributed by atoms with Crippen LogP contribution in [0.3, 0.4) is 0 Å². The fourth-order valence-electron chi connectivity index (χ4n) is 2.28. The molecule has 1 aromatic carbocycles. The van der Waals surface area contributed by atoms with Crippen molar-refractivity contribution < 1.29 is 4.42 Å². The zero-order chi connectivity index (χ0) is 12.0. The van der Waals surface area contributed by atoms with Crippen LogP contribution in [0.25, 0.3) is 11.1 Å². The summed E-state index contributed by atoms with van der Waals surface area (Å²) in [6, 6.07) is 3.51. The summed E-state index contributed by atoms with van der Waals surface area (Å²) in [6.07, 6.45) is 3.53. The number of nitrogen functional groups attached to an aromatic ring is 1. The van der Waals surface area contributed by atoms with Crippen molar-refractivity contribution in [3.8, 4) is 0 Å². The van der Waals surface area contributed by atoms with Crippen molar-refractivity contribution in [3.05, 3.63) is 22.7 Å². The molecule has 3 rings (SSSR count). The van der Waals surface area contributed by atoms with Gasteiger partial charge in [0.1, 0.15) is 0 Å². The van der Waals surface area contributed by atoms with Crippen molar-refractivity contribution in [1.29, 1.82) is 0 Å². The minimum atomic E-state index is -0.452. The number of oxazole rings is 1. The molecule has 1 fully saturated rings. The standard InChI is InChI=1S/C12H15N3O2/c1-12(3-2-4-12)15-8-6-9-10(5-7(8)13)17-11(16)14-9/h5-6,15H,2-4,13H2,1H3,(H,14,16). The Morgan fingerprint density at radius 2 is 2.24 bits per heavy atom. The SMILES string of the molecule is CC1(Nc2cc3[nH]c(=O)oc3cc2N)CCC1. The van der Waals surface area contributed by atoms with E-state index >= 15 is 0 Å². The van der Waals surface area contributed by atoms with E-state index in [4.69, 9.17) is 10.2 Å². The van der Waals surface area contributed by atoms with Crippen molar-refractivity contribution in [2.24, 2.45) is 0 Å². The predicted octanol–water partition coefficient (Wildman–Crippen LogP) is 2.06. The molecule has 1 aliphatic carbocycles. The summed E-state index contributed by atoms with van der Waals surface area (Å²) < 4.78 is 4.96. The lowest BCUT2D eigenvalue weighted by atomic mass is 9.78. The molecular formula is C12H15N3O2. The number of hydrogen-bond acceptors (Lipinski definition) is 4. The van der Waals surface area contributed by atoms with Gasteiger partial charge in [-0.15, -0.1) is 0 Å². The van der Waals surface area contributed by atoms with Crippen LogP contribution < -0.4 is 16.8 Å². The molecule has 1 heterocycles. The molecule has 0 aliphatic heterocycles. The second-order valence-corrected chi connectivity index (χ2v) is 4.99. The molecule has 1 aromatic heterocycles. The lowest BCUT2D eigenvalue weighted by Crippen LogP contribution is -2.41. The number of fused-ring (bicyclic) bond motifs is 1. The van der Waals surface area contributed by atoms with Crippen molar-refractivity contribution >= 4 is 22.5 Å². The molecule has 90 valence electrons. The van der Waals surface area contributed by atoms with Crippen LogP contribution in [0.5, 0.6) is 0 Å². The third-order valence-electron chi connectivity index (χ3n) is 3.48. The van der Waals surface area contributed by atoms with E-state index in [0.717, 1.165) is 18.5 Å². The molecule has 1 aliphatic rings. The van der Waals surface area contributed by atoms with E-state index in [1.165, 1.54) is 6.42 Å². The first-order valence-electron chi connectivity index (χ1n) is 5.76. The van der Waals surface area contributed by atoms with Gasteiger partial charge in [-0.1, -0.05) is 0 Å². The lowest BCUT2D eigenvalue weighted by Gasteiger charge is -2.40. The molecule has 0 saturated heterocycles. The highest BCUT2D eigenvalue weighted by Gasteiger charge is 2.31. The van der Waals surface area contributed by atoms with Gasteiger partial charge in [-0.2, -0.15) is 0 Å². The summed E-state index contributed by atoms with van der Waals surface area (Å²) >= 11 is 0. The fraction of sp³-hybridized carbons (Fsp3) is 0.417. The highest BCUT2D eigenvalue weighted by molar-refractivity contribution is 5.85. The van der Waals surface area contributed by atoms with Crippen LogP contribution in [-0.4, -0.2) is 10.5 Å². The summed E-state index contributed by atoms with van der Waals surface area (Å²) in [5.41, 5.74) is 8.71. The minimum Gasteiger partial charge on any atom is -0.408 e. The highest BCUT2D eigenvalue weighted by Crippen LogP contribution is 2.37. The second-order valence-electron chi connectivity index (χ2n) is 4.99. The maximum absolute atomic E-state index is 11.1. The average molecular weight is 233 g/mol. The van der Waals surface area contributed by atoms with E-state index in [0.29, 0.717) is 16.8 Å². The van der Waals surface area contributed by atoms with Crippen molar-refractivity contribution in [3.63, 3.8) is 0 Å². The smallest absolute Gasteiger partial charge is 0.408 e. The lowest BCUT2D eigenvalue weighted by molar-refractivity contribution is 0.307. The number of nitrogens with two attached hydrogens (primary N) is 1. The largest absolute Gasteiger partial charge is 0.417 e. The van der Waals surface area contributed by atoms with E-state index in [1.54, 1.807) is 6.07 Å². The Bertz CT molecular complexity index is 622. The number of nitrogens with one attached hydrogen (secondary N) is 2. The number of H-pyrrole nitrogens is 1. The predicted molar refractivity (Wildman–Crippen MR) is 67.1 cm³/mol. The molecule has 0 spiro atoms. The molecule has 2 aromatic rings. The van der Waals surface area contributed by atoms with Gasteiger partial charge in [-0.25, -0.2) is 4.79 Å². The number of rotatable bonds is 2. The maximum Gasteiger partial charge on any atom is 0.417 e. The van der Waals surface area contributed by atoms with Crippen LogP contribution in [0, 0.1) is 0 Å². The van der Waals surface area contributed by atoms with Crippen LogP contribution in [-0.2, 0) is 0 Å². The zero-order valence-electron chi connectivity index (χ0n) is 9.67. The van der Waals surface area contributed by atoms with Gasteiger partial charge in [0.25, 0.3) is 0 Å². The average Bonchev–Trinajstić information content (AvgIpc) is 2.55. The third-order valence-corrected chi connectivity index (χ3v) is 3.48. The molecule has 0 amide bonds. The summed E-state index contributed by atoms with van der Waals surface area (Å²) in [6.45, 7) is 2.18. The first-order valence-corrected chi connectivity index (χ1v) is 5.76. The molecule has 0 atom stereocenters. The Labute approximate surface area is 98.0 Å². The van der Waals surface area contributed by atoms with E-state index < -0.39 is 5.76 Å². The Morgan fingerprint density at radius 1 is 1.47 bits per heavy atom. The monoisotopic (exact) mass is 233 g/mol. The van der Waals surface area contributed by atoms with Crippen LogP contribution >= 0.6 is 0 Å². The number of aromatic nitrogens is 1. The molecule has 4 N–H and O–H groups in total. The normalized spacial score (nSPS) is 17.9. The van der Waals surface area contributed by atoms with Crippen LogP contribution in [0.1, 0.15) is 26.2 Å².